The number of amides is 1. The lowest BCUT2D eigenvalue weighted by atomic mass is 9.77. The number of para-hydroxylation sites is 1. The molecule has 0 bridgehead atoms. The molecule has 1 amide bonds. The molecule has 4 aromatic carbocycles. The Balaban J connectivity index is 1.58. The lowest BCUT2D eigenvalue weighted by Gasteiger charge is -2.31. The lowest BCUT2D eigenvalue weighted by Crippen LogP contribution is -2.44. The first-order valence-electron chi connectivity index (χ1n) is 10.9. The van der Waals surface area contributed by atoms with Gasteiger partial charge in [-0.05, 0) is 34.9 Å². The first kappa shape index (κ1) is 19.3. The molecule has 0 saturated heterocycles. The predicted octanol–water partition coefficient (Wildman–Crippen LogP) is 5.37. The van der Waals surface area contributed by atoms with E-state index in [2.05, 4.69) is 30.3 Å². The smallest absolute Gasteiger partial charge is 0.246 e. The van der Waals surface area contributed by atoms with Crippen LogP contribution in [0.3, 0.4) is 0 Å². The molecule has 0 fully saturated rings. The molecule has 2 aliphatic rings. The highest BCUT2D eigenvalue weighted by Gasteiger charge is 2.58. The van der Waals surface area contributed by atoms with E-state index in [0.29, 0.717) is 11.3 Å². The Morgan fingerprint density at radius 3 is 2.12 bits per heavy atom. The van der Waals surface area contributed by atoms with Gasteiger partial charge in [0, 0.05) is 11.3 Å². The number of anilines is 1. The van der Waals surface area contributed by atoms with Gasteiger partial charge in [0.2, 0.25) is 5.91 Å². The highest BCUT2D eigenvalue weighted by Crippen LogP contribution is 2.54. The maximum Gasteiger partial charge on any atom is 0.246 e. The van der Waals surface area contributed by atoms with Crippen molar-refractivity contribution in [3.8, 4) is 11.8 Å². The molecular formula is C29H20N2O2. The maximum atomic E-state index is 14.5. The summed E-state index contributed by atoms with van der Waals surface area (Å²) < 4.78 is 6.05. The molecule has 0 aromatic heterocycles. The van der Waals surface area contributed by atoms with Crippen LogP contribution in [0.4, 0.5) is 5.69 Å². The van der Waals surface area contributed by atoms with Gasteiger partial charge in [0.1, 0.15) is 17.8 Å². The molecule has 4 nitrogen and oxygen atoms in total. The van der Waals surface area contributed by atoms with Crippen molar-refractivity contribution >= 4 is 11.6 Å². The van der Waals surface area contributed by atoms with Crippen molar-refractivity contribution in [2.45, 2.75) is 11.5 Å². The Morgan fingerprint density at radius 2 is 1.45 bits per heavy atom. The van der Waals surface area contributed by atoms with Gasteiger partial charge in [0.25, 0.3) is 0 Å². The summed E-state index contributed by atoms with van der Waals surface area (Å²) in [7, 11) is 0. The summed E-state index contributed by atoms with van der Waals surface area (Å²) in [5.74, 6) is 0.597. The Bertz CT molecular complexity index is 1370. The summed E-state index contributed by atoms with van der Waals surface area (Å²) >= 11 is 0. The van der Waals surface area contributed by atoms with Crippen LogP contribution in [0.25, 0.3) is 0 Å². The number of nitriles is 1. The number of fused-ring (bicyclic) bond motifs is 4. The molecule has 1 atom stereocenters. The summed E-state index contributed by atoms with van der Waals surface area (Å²) in [4.78, 5) is 16.4. The standard InChI is InChI=1S/C29H20N2O2/c30-18-20-15-16-24-26(17-20)33-19-29(24)23-13-7-8-14-25(23)31(28(29)32)27(21-9-3-1-4-10-21)22-11-5-2-6-12-22/h1-17,27H,19H2. The molecule has 2 aliphatic heterocycles. The highest BCUT2D eigenvalue weighted by molar-refractivity contribution is 6.12. The summed E-state index contributed by atoms with van der Waals surface area (Å²) in [5.41, 5.74) is 4.33. The van der Waals surface area contributed by atoms with E-state index in [0.717, 1.165) is 27.9 Å². The van der Waals surface area contributed by atoms with Crippen molar-refractivity contribution in [3.05, 3.63) is 131 Å². The van der Waals surface area contributed by atoms with Crippen molar-refractivity contribution in [1.29, 1.82) is 5.26 Å². The predicted molar refractivity (Wildman–Crippen MR) is 126 cm³/mol. The normalized spacial score (nSPS) is 18.2. The summed E-state index contributed by atoms with van der Waals surface area (Å²) in [5, 5.41) is 9.32. The first-order chi connectivity index (χ1) is 16.2. The molecule has 4 heteroatoms. The Kier molecular flexibility index (Phi) is 4.31. The average molecular weight is 428 g/mol. The SMILES string of the molecule is N#Cc1ccc2c(c1)OCC21C(=O)N(C(c2ccccc2)c2ccccc2)c2ccccc21. The average Bonchev–Trinajstić information content (AvgIpc) is 3.38. The number of nitrogens with zero attached hydrogens (tertiary/aromatic N) is 2. The zero-order valence-electron chi connectivity index (χ0n) is 17.8. The monoisotopic (exact) mass is 428 g/mol. The Labute approximate surface area is 192 Å². The molecule has 0 saturated carbocycles. The second-order valence-corrected chi connectivity index (χ2v) is 8.43. The molecule has 4 aromatic rings. The Morgan fingerprint density at radius 1 is 0.818 bits per heavy atom. The van der Waals surface area contributed by atoms with E-state index in [-0.39, 0.29) is 18.6 Å². The number of carbonyl (C=O) groups is 1. The van der Waals surface area contributed by atoms with Gasteiger partial charge in [0.15, 0.2) is 0 Å². The summed E-state index contributed by atoms with van der Waals surface area (Å²) in [6.45, 7) is 0.222. The minimum atomic E-state index is -0.929. The highest BCUT2D eigenvalue weighted by atomic mass is 16.5. The van der Waals surface area contributed by atoms with E-state index in [1.54, 1.807) is 12.1 Å². The minimum Gasteiger partial charge on any atom is -0.491 e. The number of carbonyl (C=O) groups excluding carboxylic acids is 1. The van der Waals surface area contributed by atoms with Crippen molar-refractivity contribution in [1.82, 2.24) is 0 Å². The van der Waals surface area contributed by atoms with Crippen LogP contribution in [-0.2, 0) is 10.2 Å². The van der Waals surface area contributed by atoms with E-state index in [9.17, 15) is 10.1 Å². The number of ether oxygens (including phenoxy) is 1. The van der Waals surface area contributed by atoms with E-state index in [1.807, 2.05) is 71.6 Å². The fraction of sp³-hybridized carbons (Fsp3) is 0.103. The quantitative estimate of drug-likeness (QED) is 0.441. The number of benzene rings is 4. The van der Waals surface area contributed by atoms with Crippen molar-refractivity contribution in [2.24, 2.45) is 0 Å². The molecule has 158 valence electrons. The van der Waals surface area contributed by atoms with Gasteiger partial charge in [-0.1, -0.05) is 84.9 Å². The van der Waals surface area contributed by atoms with Crippen molar-refractivity contribution < 1.29 is 9.53 Å². The molecule has 1 spiro atoms. The van der Waals surface area contributed by atoms with E-state index in [4.69, 9.17) is 4.74 Å². The molecule has 0 aliphatic carbocycles. The molecule has 2 heterocycles. The summed E-state index contributed by atoms with van der Waals surface area (Å²) in [6.07, 6.45) is 0. The van der Waals surface area contributed by atoms with Crippen molar-refractivity contribution in [2.75, 3.05) is 11.5 Å². The molecule has 6 rings (SSSR count). The van der Waals surface area contributed by atoms with Crippen LogP contribution in [0.15, 0.2) is 103 Å². The topological polar surface area (TPSA) is 53.3 Å². The van der Waals surface area contributed by atoms with Gasteiger partial charge < -0.3 is 4.74 Å². The number of hydrogen-bond acceptors (Lipinski definition) is 3. The third-order valence-electron chi connectivity index (χ3n) is 6.71. The molecule has 0 N–H and O–H groups in total. The van der Waals surface area contributed by atoms with Crippen LogP contribution in [0, 0.1) is 11.3 Å². The Hall–Kier alpha value is -4.36. The second kappa shape index (κ2) is 7.36. The number of hydrogen-bond donors (Lipinski definition) is 0. The van der Waals surface area contributed by atoms with Gasteiger partial charge >= 0.3 is 0 Å². The minimum absolute atomic E-state index is 0.00939. The molecular weight excluding hydrogens is 408 g/mol. The third kappa shape index (κ3) is 2.73. The van der Waals surface area contributed by atoms with Crippen LogP contribution in [0.1, 0.15) is 33.9 Å². The molecule has 1 unspecified atom stereocenters. The van der Waals surface area contributed by atoms with Crippen LogP contribution in [-0.4, -0.2) is 12.5 Å². The van der Waals surface area contributed by atoms with Crippen LogP contribution in [0.2, 0.25) is 0 Å². The maximum absolute atomic E-state index is 14.5. The van der Waals surface area contributed by atoms with Crippen LogP contribution >= 0.6 is 0 Å². The van der Waals surface area contributed by atoms with E-state index < -0.39 is 5.41 Å². The van der Waals surface area contributed by atoms with Gasteiger partial charge in [-0.25, -0.2) is 0 Å². The zero-order valence-corrected chi connectivity index (χ0v) is 17.8. The molecule has 0 radical (unpaired) electrons. The van der Waals surface area contributed by atoms with Crippen LogP contribution in [0.5, 0.6) is 5.75 Å². The van der Waals surface area contributed by atoms with Gasteiger partial charge in [-0.2, -0.15) is 5.26 Å². The lowest BCUT2D eigenvalue weighted by molar-refractivity contribution is -0.122. The zero-order chi connectivity index (χ0) is 22.4. The largest absolute Gasteiger partial charge is 0.491 e. The van der Waals surface area contributed by atoms with Gasteiger partial charge in [-0.3, -0.25) is 9.69 Å². The number of rotatable bonds is 3. The first-order valence-corrected chi connectivity index (χ1v) is 10.9. The van der Waals surface area contributed by atoms with Crippen LogP contribution < -0.4 is 9.64 Å². The van der Waals surface area contributed by atoms with Gasteiger partial charge in [-0.15, -0.1) is 0 Å². The van der Waals surface area contributed by atoms with Crippen molar-refractivity contribution in [3.63, 3.8) is 0 Å². The second-order valence-electron chi connectivity index (χ2n) is 8.43. The summed E-state index contributed by atoms with van der Waals surface area (Å²) in [6, 6.07) is 35.5. The van der Waals surface area contributed by atoms with E-state index in [1.165, 1.54) is 0 Å². The van der Waals surface area contributed by atoms with Gasteiger partial charge in [0.05, 0.1) is 17.7 Å². The van der Waals surface area contributed by atoms with E-state index >= 15 is 0 Å². The fourth-order valence-electron chi connectivity index (χ4n) is 5.22. The molecule has 33 heavy (non-hydrogen) atoms. The fourth-order valence-corrected chi connectivity index (χ4v) is 5.22. The third-order valence-corrected chi connectivity index (χ3v) is 6.71.